The van der Waals surface area contributed by atoms with Crippen LogP contribution in [0.5, 0.6) is 23.3 Å². The van der Waals surface area contributed by atoms with Crippen molar-refractivity contribution in [3.63, 3.8) is 0 Å². The molecule has 0 spiro atoms. The lowest BCUT2D eigenvalue weighted by atomic mass is 10.0. The summed E-state index contributed by atoms with van der Waals surface area (Å²) in [4.78, 5) is 19.8. The molecule has 1 heterocycles. The van der Waals surface area contributed by atoms with Crippen LogP contribution in [0.15, 0.2) is 42.9 Å². The Labute approximate surface area is 146 Å². The fourth-order valence-electron chi connectivity index (χ4n) is 1.95. The van der Waals surface area contributed by atoms with E-state index >= 15 is 0 Å². The second kappa shape index (κ2) is 8.68. The first-order valence-electron chi connectivity index (χ1n) is 7.63. The molecule has 0 aliphatic heterocycles. The smallest absolute Gasteiger partial charge is 0.339 e. The third kappa shape index (κ3) is 4.94. The van der Waals surface area contributed by atoms with Crippen LogP contribution in [0.4, 0.5) is 0 Å². The zero-order valence-electron chi connectivity index (χ0n) is 14.6. The van der Waals surface area contributed by atoms with Gasteiger partial charge in [0.25, 0.3) is 17.5 Å². The van der Waals surface area contributed by atoms with Gasteiger partial charge in [-0.3, -0.25) is 0 Å². The van der Waals surface area contributed by atoms with E-state index in [4.69, 9.17) is 18.9 Å². The summed E-state index contributed by atoms with van der Waals surface area (Å²) in [6.07, 6.45) is 3.59. The molecule has 0 saturated carbocycles. The van der Waals surface area contributed by atoms with E-state index in [0.29, 0.717) is 11.7 Å². The SMILES string of the molecule is COC=CC(=O)Oc1c(OC)ncnc1Oc1cccc(C(C)C)c1. The fraction of sp³-hybridized carbons (Fsp3) is 0.278. The number of carbonyl (C=O) groups is 1. The predicted octanol–water partition coefficient (Wildman–Crippen LogP) is 3.47. The minimum Gasteiger partial charge on any atom is -0.504 e. The zero-order chi connectivity index (χ0) is 18.2. The Balaban J connectivity index is 2.32. The number of hydrogen-bond donors (Lipinski definition) is 0. The van der Waals surface area contributed by atoms with Crippen molar-refractivity contribution in [2.45, 2.75) is 19.8 Å². The molecule has 0 fully saturated rings. The van der Waals surface area contributed by atoms with Crippen molar-refractivity contribution in [3.05, 3.63) is 48.5 Å². The minimum absolute atomic E-state index is 0.00861. The predicted molar refractivity (Wildman–Crippen MR) is 91.0 cm³/mol. The Morgan fingerprint density at radius 3 is 2.60 bits per heavy atom. The summed E-state index contributed by atoms with van der Waals surface area (Å²) in [6.45, 7) is 4.17. The molecule has 2 rings (SSSR count). The lowest BCUT2D eigenvalue weighted by Crippen LogP contribution is -2.08. The molecule has 0 N–H and O–H groups in total. The fourth-order valence-corrected chi connectivity index (χ4v) is 1.95. The Kier molecular flexibility index (Phi) is 6.33. The summed E-state index contributed by atoms with van der Waals surface area (Å²) in [5, 5.41) is 0. The van der Waals surface area contributed by atoms with E-state index in [0.717, 1.165) is 11.6 Å². The van der Waals surface area contributed by atoms with Gasteiger partial charge in [0.1, 0.15) is 12.1 Å². The summed E-state index contributed by atoms with van der Waals surface area (Å²) >= 11 is 0. The lowest BCUT2D eigenvalue weighted by Gasteiger charge is -2.13. The van der Waals surface area contributed by atoms with Gasteiger partial charge in [-0.2, -0.15) is 9.97 Å². The van der Waals surface area contributed by atoms with Gasteiger partial charge in [-0.1, -0.05) is 26.0 Å². The first-order chi connectivity index (χ1) is 12.0. The number of aromatic nitrogens is 2. The average Bonchev–Trinajstić information content (AvgIpc) is 2.61. The van der Waals surface area contributed by atoms with Crippen molar-refractivity contribution < 1.29 is 23.7 Å². The van der Waals surface area contributed by atoms with Gasteiger partial charge >= 0.3 is 5.97 Å². The molecule has 0 unspecified atom stereocenters. The molecular formula is C18H20N2O5. The maximum Gasteiger partial charge on any atom is 0.339 e. The summed E-state index contributed by atoms with van der Waals surface area (Å²) in [6, 6.07) is 7.58. The minimum atomic E-state index is -0.671. The highest BCUT2D eigenvalue weighted by Gasteiger charge is 2.19. The maximum atomic E-state index is 11.8. The van der Waals surface area contributed by atoms with Crippen LogP contribution in [0, 0.1) is 0 Å². The topological polar surface area (TPSA) is 79.8 Å². The van der Waals surface area contributed by atoms with Crippen molar-refractivity contribution in [1.82, 2.24) is 9.97 Å². The number of rotatable bonds is 7. The Morgan fingerprint density at radius 1 is 1.16 bits per heavy atom. The highest BCUT2D eigenvalue weighted by Crippen LogP contribution is 2.36. The average molecular weight is 344 g/mol. The number of nitrogens with zero attached hydrogens (tertiary/aromatic N) is 2. The van der Waals surface area contributed by atoms with Gasteiger partial charge in [-0.25, -0.2) is 4.79 Å². The molecule has 0 radical (unpaired) electrons. The number of esters is 1. The molecule has 0 atom stereocenters. The van der Waals surface area contributed by atoms with Crippen molar-refractivity contribution in [1.29, 1.82) is 0 Å². The molecule has 1 aromatic carbocycles. The largest absolute Gasteiger partial charge is 0.504 e. The van der Waals surface area contributed by atoms with E-state index in [9.17, 15) is 4.79 Å². The number of benzene rings is 1. The summed E-state index contributed by atoms with van der Waals surface area (Å²) < 4.78 is 20.8. The van der Waals surface area contributed by atoms with Crippen molar-refractivity contribution in [2.75, 3.05) is 14.2 Å². The van der Waals surface area contributed by atoms with Crippen LogP contribution in [0.1, 0.15) is 25.3 Å². The van der Waals surface area contributed by atoms with Crippen molar-refractivity contribution in [3.8, 4) is 23.3 Å². The molecule has 25 heavy (non-hydrogen) atoms. The molecule has 1 aromatic heterocycles. The highest BCUT2D eigenvalue weighted by atomic mass is 16.6. The second-order valence-corrected chi connectivity index (χ2v) is 5.31. The zero-order valence-corrected chi connectivity index (χ0v) is 14.6. The molecule has 0 aliphatic carbocycles. The van der Waals surface area contributed by atoms with E-state index in [1.807, 2.05) is 18.2 Å². The molecular weight excluding hydrogens is 324 g/mol. The van der Waals surface area contributed by atoms with E-state index in [1.165, 1.54) is 26.8 Å². The quantitative estimate of drug-likeness (QED) is 0.432. The third-order valence-corrected chi connectivity index (χ3v) is 3.21. The van der Waals surface area contributed by atoms with Gasteiger partial charge in [-0.05, 0) is 23.6 Å². The van der Waals surface area contributed by atoms with E-state index < -0.39 is 5.97 Å². The van der Waals surface area contributed by atoms with Crippen LogP contribution in [-0.2, 0) is 9.53 Å². The highest BCUT2D eigenvalue weighted by molar-refractivity contribution is 5.84. The van der Waals surface area contributed by atoms with Gasteiger partial charge in [0.05, 0.1) is 26.6 Å². The van der Waals surface area contributed by atoms with Crippen LogP contribution in [-0.4, -0.2) is 30.2 Å². The third-order valence-electron chi connectivity index (χ3n) is 3.21. The van der Waals surface area contributed by atoms with Crippen LogP contribution in [0.3, 0.4) is 0 Å². The number of ether oxygens (including phenoxy) is 4. The second-order valence-electron chi connectivity index (χ2n) is 5.31. The normalized spacial score (nSPS) is 10.8. The molecule has 0 aliphatic rings. The van der Waals surface area contributed by atoms with Crippen LogP contribution >= 0.6 is 0 Å². The first-order valence-corrected chi connectivity index (χ1v) is 7.63. The van der Waals surface area contributed by atoms with Crippen molar-refractivity contribution >= 4 is 5.97 Å². The first kappa shape index (κ1) is 18.3. The molecule has 132 valence electrons. The number of carbonyl (C=O) groups excluding carboxylic acids is 1. The molecule has 7 nitrogen and oxygen atoms in total. The van der Waals surface area contributed by atoms with E-state index in [-0.39, 0.29) is 17.5 Å². The Hall–Kier alpha value is -3.09. The van der Waals surface area contributed by atoms with Crippen LogP contribution in [0.25, 0.3) is 0 Å². The maximum absolute atomic E-state index is 11.8. The summed E-state index contributed by atoms with van der Waals surface area (Å²) in [5.74, 6) is 0.397. The van der Waals surface area contributed by atoms with Gasteiger partial charge in [0.2, 0.25) is 0 Å². The van der Waals surface area contributed by atoms with Gasteiger partial charge in [0, 0.05) is 0 Å². The van der Waals surface area contributed by atoms with Gasteiger partial charge < -0.3 is 18.9 Å². The van der Waals surface area contributed by atoms with Crippen molar-refractivity contribution in [2.24, 2.45) is 0 Å². The van der Waals surface area contributed by atoms with Gasteiger partial charge in [0.15, 0.2) is 0 Å². The molecule has 7 heteroatoms. The van der Waals surface area contributed by atoms with Crippen LogP contribution in [0.2, 0.25) is 0 Å². The standard InChI is InChI=1S/C18H20N2O5/c1-12(2)13-6-5-7-14(10-13)24-18-16(17(23-4)19-11-20-18)25-15(21)8-9-22-3/h5-12H,1-4H3. The number of methoxy groups -OCH3 is 2. The summed E-state index contributed by atoms with van der Waals surface area (Å²) in [7, 11) is 2.83. The number of hydrogen-bond acceptors (Lipinski definition) is 7. The van der Waals surface area contributed by atoms with Crippen LogP contribution < -0.4 is 14.2 Å². The molecule has 0 bridgehead atoms. The monoisotopic (exact) mass is 344 g/mol. The Bertz CT molecular complexity index is 759. The summed E-state index contributed by atoms with van der Waals surface area (Å²) in [5.41, 5.74) is 1.11. The molecule has 2 aromatic rings. The van der Waals surface area contributed by atoms with E-state index in [1.54, 1.807) is 6.07 Å². The lowest BCUT2D eigenvalue weighted by molar-refractivity contribution is -0.129. The molecule has 0 saturated heterocycles. The van der Waals surface area contributed by atoms with E-state index in [2.05, 4.69) is 23.8 Å². The Morgan fingerprint density at radius 2 is 1.92 bits per heavy atom. The van der Waals surface area contributed by atoms with Gasteiger partial charge in [-0.15, -0.1) is 0 Å². The molecule has 0 amide bonds.